The number of carbonyl (C=O) groups is 1. The average molecular weight is 355 g/mol. The van der Waals surface area contributed by atoms with Crippen LogP contribution in [0, 0.1) is 0 Å². The Hall–Kier alpha value is -3.80. The van der Waals surface area contributed by atoms with E-state index < -0.39 is 0 Å². The highest BCUT2D eigenvalue weighted by Gasteiger charge is 2.11. The fraction of sp³-hybridized carbons (Fsp3) is 0.0476. The number of hydrogen-bond acceptors (Lipinski definition) is 4. The molecule has 6 nitrogen and oxygen atoms in total. The van der Waals surface area contributed by atoms with Gasteiger partial charge < -0.3 is 0 Å². The van der Waals surface area contributed by atoms with E-state index in [0.29, 0.717) is 5.56 Å². The van der Waals surface area contributed by atoms with Gasteiger partial charge in [-0.1, -0.05) is 18.2 Å². The summed E-state index contributed by atoms with van der Waals surface area (Å²) in [7, 11) is 1.78. The number of ketones is 1. The van der Waals surface area contributed by atoms with Gasteiger partial charge in [0.05, 0.1) is 17.4 Å². The Labute approximate surface area is 156 Å². The summed E-state index contributed by atoms with van der Waals surface area (Å²) in [6.07, 6.45) is 12.0. The Balaban J connectivity index is 1.73. The van der Waals surface area contributed by atoms with Crippen LogP contribution in [0.2, 0.25) is 0 Å². The number of hydrogen-bond donors (Lipinski definition) is 0. The van der Waals surface area contributed by atoms with Crippen LogP contribution in [-0.2, 0) is 7.05 Å². The van der Waals surface area contributed by atoms with Crippen molar-refractivity contribution in [2.75, 3.05) is 0 Å². The normalized spacial score (nSPS) is 11.1. The number of para-hydroxylation sites is 1. The van der Waals surface area contributed by atoms with E-state index in [9.17, 15) is 4.79 Å². The molecule has 0 amide bonds. The summed E-state index contributed by atoms with van der Waals surface area (Å²) < 4.78 is 3.42. The Bertz CT molecular complexity index is 1090. The third-order valence-corrected chi connectivity index (χ3v) is 4.12. The summed E-state index contributed by atoms with van der Waals surface area (Å²) in [5, 5.41) is 8.76. The average Bonchev–Trinajstić information content (AvgIpc) is 3.34. The Kier molecular flexibility index (Phi) is 4.45. The van der Waals surface area contributed by atoms with Crippen molar-refractivity contribution >= 4 is 11.9 Å². The van der Waals surface area contributed by atoms with E-state index in [0.717, 1.165) is 22.5 Å². The Morgan fingerprint density at radius 2 is 1.81 bits per heavy atom. The van der Waals surface area contributed by atoms with Crippen molar-refractivity contribution < 1.29 is 4.79 Å². The van der Waals surface area contributed by atoms with Crippen LogP contribution in [0.1, 0.15) is 15.9 Å². The number of benzene rings is 1. The third-order valence-electron chi connectivity index (χ3n) is 4.12. The van der Waals surface area contributed by atoms with Gasteiger partial charge in [-0.25, -0.2) is 4.68 Å². The van der Waals surface area contributed by atoms with Crippen molar-refractivity contribution in [1.82, 2.24) is 24.5 Å². The zero-order valence-electron chi connectivity index (χ0n) is 14.7. The summed E-state index contributed by atoms with van der Waals surface area (Å²) in [6.45, 7) is 0. The molecular formula is C21H17N5O. The summed E-state index contributed by atoms with van der Waals surface area (Å²) in [5.74, 6) is -0.101. The minimum Gasteiger partial charge on any atom is -0.289 e. The summed E-state index contributed by atoms with van der Waals surface area (Å²) in [5.41, 5.74) is 4.08. The number of aromatic nitrogens is 5. The minimum absolute atomic E-state index is 0.101. The quantitative estimate of drug-likeness (QED) is 0.405. The molecule has 1 aromatic carbocycles. The maximum absolute atomic E-state index is 12.4. The molecular weight excluding hydrogens is 338 g/mol. The van der Waals surface area contributed by atoms with Gasteiger partial charge in [0.2, 0.25) is 0 Å². The highest BCUT2D eigenvalue weighted by atomic mass is 16.1. The smallest absolute Gasteiger partial charge is 0.189 e. The molecule has 0 unspecified atom stereocenters. The molecule has 0 saturated heterocycles. The molecule has 0 radical (unpaired) electrons. The van der Waals surface area contributed by atoms with Gasteiger partial charge in [-0.15, -0.1) is 0 Å². The van der Waals surface area contributed by atoms with Crippen molar-refractivity contribution in [3.8, 4) is 16.9 Å². The monoisotopic (exact) mass is 355 g/mol. The van der Waals surface area contributed by atoms with Crippen molar-refractivity contribution in [1.29, 1.82) is 0 Å². The maximum Gasteiger partial charge on any atom is 0.189 e. The van der Waals surface area contributed by atoms with Crippen LogP contribution in [0.4, 0.5) is 0 Å². The molecule has 3 heterocycles. The van der Waals surface area contributed by atoms with Gasteiger partial charge in [-0.3, -0.25) is 14.5 Å². The van der Waals surface area contributed by atoms with Crippen LogP contribution < -0.4 is 0 Å². The van der Waals surface area contributed by atoms with Crippen LogP contribution in [0.15, 0.2) is 79.5 Å². The number of carbonyl (C=O) groups excluding carboxylic acids is 1. The molecule has 4 aromatic rings. The topological polar surface area (TPSA) is 65.6 Å². The van der Waals surface area contributed by atoms with Crippen LogP contribution in [0.5, 0.6) is 0 Å². The van der Waals surface area contributed by atoms with E-state index in [-0.39, 0.29) is 5.78 Å². The highest BCUT2D eigenvalue weighted by Crippen LogP contribution is 2.24. The predicted molar refractivity (Wildman–Crippen MR) is 103 cm³/mol. The molecule has 3 aromatic heterocycles. The Morgan fingerprint density at radius 1 is 1.04 bits per heavy atom. The molecule has 0 aliphatic rings. The molecule has 0 saturated carbocycles. The lowest BCUT2D eigenvalue weighted by Gasteiger charge is -2.00. The first kappa shape index (κ1) is 16.7. The molecule has 132 valence electrons. The van der Waals surface area contributed by atoms with Gasteiger partial charge in [-0.2, -0.15) is 10.2 Å². The molecule has 0 aliphatic heterocycles. The van der Waals surface area contributed by atoms with E-state index in [1.165, 1.54) is 0 Å². The SMILES string of the molecule is Cn1cc(C(=O)/C=C/c2cn(-c3ccccc3)nc2-c2ccncc2)cn1. The first-order valence-corrected chi connectivity index (χ1v) is 8.47. The van der Waals surface area contributed by atoms with Gasteiger partial charge >= 0.3 is 0 Å². The lowest BCUT2D eigenvalue weighted by Crippen LogP contribution is -1.93. The van der Waals surface area contributed by atoms with Gasteiger partial charge in [0, 0.05) is 43.0 Å². The standard InChI is InChI=1S/C21H17N5O/c1-25-14-18(13-23-25)20(27)8-7-17-15-26(19-5-3-2-4-6-19)24-21(17)16-9-11-22-12-10-16/h2-15H,1H3/b8-7+. The first-order chi connectivity index (χ1) is 13.2. The summed E-state index contributed by atoms with van der Waals surface area (Å²) >= 11 is 0. The second kappa shape index (κ2) is 7.21. The summed E-state index contributed by atoms with van der Waals surface area (Å²) in [4.78, 5) is 16.4. The molecule has 6 heteroatoms. The molecule has 0 bridgehead atoms. The van der Waals surface area contributed by atoms with Crippen molar-refractivity contribution in [2.45, 2.75) is 0 Å². The lowest BCUT2D eigenvalue weighted by atomic mass is 10.1. The molecule has 0 aliphatic carbocycles. The third kappa shape index (κ3) is 3.59. The van der Waals surface area contributed by atoms with Gasteiger partial charge in [0.1, 0.15) is 5.69 Å². The fourth-order valence-electron chi connectivity index (χ4n) is 2.77. The highest BCUT2D eigenvalue weighted by molar-refractivity contribution is 6.06. The van der Waals surface area contributed by atoms with Gasteiger partial charge in [-0.05, 0) is 36.4 Å². The van der Waals surface area contributed by atoms with E-state index in [1.54, 1.807) is 48.7 Å². The summed E-state index contributed by atoms with van der Waals surface area (Å²) in [6, 6.07) is 13.7. The zero-order chi connectivity index (χ0) is 18.6. The first-order valence-electron chi connectivity index (χ1n) is 8.47. The number of pyridine rings is 1. The van der Waals surface area contributed by atoms with Crippen molar-refractivity contribution in [2.24, 2.45) is 7.05 Å². The Morgan fingerprint density at radius 3 is 2.52 bits per heavy atom. The second-order valence-electron chi connectivity index (χ2n) is 6.05. The van der Waals surface area contributed by atoms with Crippen LogP contribution >= 0.6 is 0 Å². The van der Waals surface area contributed by atoms with E-state index in [2.05, 4.69) is 10.1 Å². The van der Waals surface area contributed by atoms with Crippen molar-refractivity contribution in [3.05, 3.63) is 90.7 Å². The van der Waals surface area contributed by atoms with Crippen LogP contribution in [-0.4, -0.2) is 30.3 Å². The maximum atomic E-state index is 12.4. The van der Waals surface area contributed by atoms with Crippen LogP contribution in [0.3, 0.4) is 0 Å². The molecule has 0 atom stereocenters. The second-order valence-corrected chi connectivity index (χ2v) is 6.05. The van der Waals surface area contributed by atoms with Crippen molar-refractivity contribution in [3.63, 3.8) is 0 Å². The minimum atomic E-state index is -0.101. The largest absolute Gasteiger partial charge is 0.289 e. The molecule has 4 rings (SSSR count). The number of nitrogens with zero attached hydrogens (tertiary/aromatic N) is 5. The molecule has 0 fully saturated rings. The number of rotatable bonds is 5. The fourth-order valence-corrected chi connectivity index (χ4v) is 2.77. The predicted octanol–water partition coefficient (Wildman–Crippen LogP) is 3.56. The molecule has 0 N–H and O–H groups in total. The number of allylic oxidation sites excluding steroid dienone is 1. The van der Waals surface area contributed by atoms with Gasteiger partial charge in [0.25, 0.3) is 0 Å². The number of aryl methyl sites for hydroxylation is 1. The molecule has 0 spiro atoms. The zero-order valence-corrected chi connectivity index (χ0v) is 14.7. The van der Waals surface area contributed by atoms with E-state index in [4.69, 9.17) is 5.10 Å². The molecule has 27 heavy (non-hydrogen) atoms. The van der Waals surface area contributed by atoms with Gasteiger partial charge in [0.15, 0.2) is 5.78 Å². The van der Waals surface area contributed by atoms with E-state index >= 15 is 0 Å². The van der Waals surface area contributed by atoms with Crippen LogP contribution in [0.25, 0.3) is 23.0 Å². The lowest BCUT2D eigenvalue weighted by molar-refractivity contribution is 0.104. The van der Waals surface area contributed by atoms with E-state index in [1.807, 2.05) is 53.3 Å².